The number of aromatic nitrogens is 3. The molecule has 0 radical (unpaired) electrons. The maximum absolute atomic E-state index is 5.29. The maximum atomic E-state index is 5.29. The number of hydrogen-bond donors (Lipinski definition) is 2. The van der Waals surface area contributed by atoms with E-state index in [9.17, 15) is 0 Å². The van der Waals surface area contributed by atoms with Crippen LogP contribution in [0, 0.1) is 6.92 Å². The highest BCUT2D eigenvalue weighted by Crippen LogP contribution is 2.13. The molecule has 2 N–H and O–H groups in total. The van der Waals surface area contributed by atoms with Crippen molar-refractivity contribution in [3.05, 3.63) is 66.1 Å². The van der Waals surface area contributed by atoms with Crippen molar-refractivity contribution in [3.63, 3.8) is 0 Å². The molecule has 3 aromatic rings. The van der Waals surface area contributed by atoms with Crippen LogP contribution in [-0.2, 0) is 13.1 Å². The first-order chi connectivity index (χ1) is 10.8. The van der Waals surface area contributed by atoms with Crippen molar-refractivity contribution >= 4 is 11.6 Å². The minimum Gasteiger partial charge on any atom is -0.467 e. The minimum atomic E-state index is 0.586. The van der Waals surface area contributed by atoms with E-state index in [1.54, 1.807) is 12.5 Å². The highest BCUT2D eigenvalue weighted by atomic mass is 16.3. The lowest BCUT2D eigenvalue weighted by Crippen LogP contribution is -2.07. The predicted octanol–water partition coefficient (Wildman–Crippen LogP) is 3.00. The second-order valence-electron chi connectivity index (χ2n) is 4.79. The van der Waals surface area contributed by atoms with Crippen molar-refractivity contribution in [2.45, 2.75) is 20.0 Å². The normalized spacial score (nSPS) is 10.4. The molecule has 3 rings (SSSR count). The van der Waals surface area contributed by atoms with Gasteiger partial charge in [0.1, 0.15) is 23.2 Å². The Hall–Kier alpha value is -2.89. The Balaban J connectivity index is 1.64. The molecule has 0 aromatic carbocycles. The van der Waals surface area contributed by atoms with Crippen molar-refractivity contribution in [1.82, 2.24) is 15.0 Å². The Kier molecular flexibility index (Phi) is 4.29. The van der Waals surface area contributed by atoms with E-state index in [1.807, 2.05) is 43.3 Å². The molecule has 0 unspecified atom stereocenters. The molecule has 0 aliphatic heterocycles. The van der Waals surface area contributed by atoms with Gasteiger partial charge in [-0.25, -0.2) is 9.97 Å². The van der Waals surface area contributed by atoms with Crippen LogP contribution in [0.2, 0.25) is 0 Å². The van der Waals surface area contributed by atoms with E-state index >= 15 is 0 Å². The highest BCUT2D eigenvalue weighted by molar-refractivity contribution is 5.47. The number of anilines is 2. The summed E-state index contributed by atoms with van der Waals surface area (Å²) in [6.45, 7) is 3.07. The Labute approximate surface area is 128 Å². The zero-order chi connectivity index (χ0) is 15.2. The number of furan rings is 1. The second kappa shape index (κ2) is 6.71. The fourth-order valence-corrected chi connectivity index (χ4v) is 2.02. The van der Waals surface area contributed by atoms with E-state index < -0.39 is 0 Å². The molecule has 112 valence electrons. The van der Waals surface area contributed by atoms with Crippen LogP contribution in [0.15, 0.2) is 53.3 Å². The Morgan fingerprint density at radius 3 is 2.50 bits per heavy atom. The summed E-state index contributed by atoms with van der Waals surface area (Å²) in [7, 11) is 0. The van der Waals surface area contributed by atoms with Crippen molar-refractivity contribution in [2.75, 3.05) is 10.6 Å². The fourth-order valence-electron chi connectivity index (χ4n) is 2.02. The Morgan fingerprint density at radius 2 is 1.82 bits per heavy atom. The fraction of sp³-hybridized carbons (Fsp3) is 0.188. The molecule has 0 fully saturated rings. The largest absolute Gasteiger partial charge is 0.467 e. The monoisotopic (exact) mass is 295 g/mol. The minimum absolute atomic E-state index is 0.586. The smallest absolute Gasteiger partial charge is 0.132 e. The van der Waals surface area contributed by atoms with Crippen LogP contribution in [-0.4, -0.2) is 15.0 Å². The summed E-state index contributed by atoms with van der Waals surface area (Å²) in [5.41, 5.74) is 0.962. The van der Waals surface area contributed by atoms with Gasteiger partial charge in [-0.15, -0.1) is 0 Å². The third-order valence-electron chi connectivity index (χ3n) is 3.04. The molecule has 0 bridgehead atoms. The van der Waals surface area contributed by atoms with Crippen molar-refractivity contribution in [1.29, 1.82) is 0 Å². The first-order valence-corrected chi connectivity index (χ1v) is 7.05. The van der Waals surface area contributed by atoms with Gasteiger partial charge in [-0.2, -0.15) is 0 Å². The van der Waals surface area contributed by atoms with E-state index in [2.05, 4.69) is 25.6 Å². The molecule has 0 amide bonds. The van der Waals surface area contributed by atoms with Gasteiger partial charge in [0.2, 0.25) is 0 Å². The summed E-state index contributed by atoms with van der Waals surface area (Å²) in [4.78, 5) is 13.0. The molecule has 6 nitrogen and oxygen atoms in total. The average Bonchev–Trinajstić information content (AvgIpc) is 3.05. The lowest BCUT2D eigenvalue weighted by Gasteiger charge is -2.09. The molecule has 0 aliphatic rings. The Bertz CT molecular complexity index is 713. The average molecular weight is 295 g/mol. The van der Waals surface area contributed by atoms with Gasteiger partial charge in [-0.3, -0.25) is 4.98 Å². The topological polar surface area (TPSA) is 75.9 Å². The van der Waals surface area contributed by atoms with Gasteiger partial charge < -0.3 is 15.1 Å². The molecule has 22 heavy (non-hydrogen) atoms. The number of pyridine rings is 1. The van der Waals surface area contributed by atoms with Crippen LogP contribution in [0.4, 0.5) is 11.6 Å². The number of nitrogens with zero attached hydrogens (tertiary/aromatic N) is 3. The highest BCUT2D eigenvalue weighted by Gasteiger charge is 2.03. The lowest BCUT2D eigenvalue weighted by atomic mass is 10.3. The molecule has 0 spiro atoms. The number of hydrogen-bond acceptors (Lipinski definition) is 6. The third kappa shape index (κ3) is 3.82. The third-order valence-corrected chi connectivity index (χ3v) is 3.04. The maximum Gasteiger partial charge on any atom is 0.132 e. The lowest BCUT2D eigenvalue weighted by molar-refractivity contribution is 0.518. The zero-order valence-corrected chi connectivity index (χ0v) is 12.3. The van der Waals surface area contributed by atoms with E-state index in [-0.39, 0.29) is 0 Å². The van der Waals surface area contributed by atoms with Gasteiger partial charge in [-0.05, 0) is 31.2 Å². The van der Waals surface area contributed by atoms with Crippen molar-refractivity contribution in [2.24, 2.45) is 0 Å². The van der Waals surface area contributed by atoms with Crippen LogP contribution in [0.3, 0.4) is 0 Å². The van der Waals surface area contributed by atoms with E-state index in [1.165, 1.54) is 0 Å². The number of nitrogens with one attached hydrogen (secondary N) is 2. The first kappa shape index (κ1) is 14.1. The van der Waals surface area contributed by atoms with Gasteiger partial charge >= 0.3 is 0 Å². The molecule has 0 aliphatic carbocycles. The predicted molar refractivity (Wildman–Crippen MR) is 84.4 cm³/mol. The summed E-state index contributed by atoms with van der Waals surface area (Å²) in [5, 5.41) is 6.48. The number of rotatable bonds is 6. The second-order valence-corrected chi connectivity index (χ2v) is 4.79. The van der Waals surface area contributed by atoms with Gasteiger partial charge in [0.15, 0.2) is 0 Å². The van der Waals surface area contributed by atoms with E-state index in [0.717, 1.165) is 23.1 Å². The summed E-state index contributed by atoms with van der Waals surface area (Å²) in [6, 6.07) is 11.5. The molecular weight excluding hydrogens is 278 g/mol. The van der Waals surface area contributed by atoms with Crippen LogP contribution in [0.25, 0.3) is 0 Å². The first-order valence-electron chi connectivity index (χ1n) is 7.05. The molecule has 0 atom stereocenters. The standard InChI is InChI=1S/C16H17N5O/c1-12-20-15(18-10-13-5-2-3-7-17-13)9-16(21-12)19-11-14-6-4-8-22-14/h2-9H,10-11H2,1H3,(H2,18,19,20,21). The van der Waals surface area contributed by atoms with Gasteiger partial charge in [0.05, 0.1) is 25.0 Å². The SMILES string of the molecule is Cc1nc(NCc2ccccn2)cc(NCc2ccco2)n1. The van der Waals surface area contributed by atoms with Crippen LogP contribution in [0.5, 0.6) is 0 Å². The molecule has 0 saturated heterocycles. The molecule has 0 saturated carbocycles. The molecule has 6 heteroatoms. The van der Waals surface area contributed by atoms with Crippen LogP contribution >= 0.6 is 0 Å². The summed E-state index contributed by atoms with van der Waals surface area (Å²) in [6.07, 6.45) is 3.43. The van der Waals surface area contributed by atoms with Gasteiger partial charge in [0.25, 0.3) is 0 Å². The molecule has 3 heterocycles. The van der Waals surface area contributed by atoms with Crippen LogP contribution in [0.1, 0.15) is 17.3 Å². The molecule has 3 aromatic heterocycles. The van der Waals surface area contributed by atoms with Gasteiger partial charge in [0, 0.05) is 12.3 Å². The van der Waals surface area contributed by atoms with Gasteiger partial charge in [-0.1, -0.05) is 6.07 Å². The Morgan fingerprint density at radius 1 is 1.00 bits per heavy atom. The van der Waals surface area contributed by atoms with E-state index in [4.69, 9.17) is 4.42 Å². The summed E-state index contributed by atoms with van der Waals surface area (Å²) < 4.78 is 5.29. The van der Waals surface area contributed by atoms with E-state index in [0.29, 0.717) is 18.9 Å². The van der Waals surface area contributed by atoms with Crippen molar-refractivity contribution < 1.29 is 4.42 Å². The van der Waals surface area contributed by atoms with Crippen molar-refractivity contribution in [3.8, 4) is 0 Å². The summed E-state index contributed by atoms with van der Waals surface area (Å²) >= 11 is 0. The zero-order valence-electron chi connectivity index (χ0n) is 12.3. The molecular formula is C16H17N5O. The quantitative estimate of drug-likeness (QED) is 0.728. The van der Waals surface area contributed by atoms with Crippen LogP contribution < -0.4 is 10.6 Å². The number of aryl methyl sites for hydroxylation is 1. The summed E-state index contributed by atoms with van der Waals surface area (Å²) in [5.74, 6) is 3.08.